The van der Waals surface area contributed by atoms with E-state index in [-0.39, 0.29) is 22.6 Å². The first-order chi connectivity index (χ1) is 8.94. The van der Waals surface area contributed by atoms with Gasteiger partial charge in [-0.15, -0.1) is 0 Å². The molecule has 19 heavy (non-hydrogen) atoms. The topological polar surface area (TPSA) is 105 Å². The number of anilines is 1. The molecule has 1 aliphatic heterocycles. The van der Waals surface area contributed by atoms with Crippen molar-refractivity contribution in [2.75, 3.05) is 12.3 Å². The second-order valence-electron chi connectivity index (χ2n) is 4.46. The van der Waals surface area contributed by atoms with Crippen molar-refractivity contribution in [2.24, 2.45) is 0 Å². The van der Waals surface area contributed by atoms with Gasteiger partial charge < -0.3 is 10.5 Å². The minimum absolute atomic E-state index is 0.0408. The molecular formula is C12H15N3O3S. The zero-order chi connectivity index (χ0) is 14.0. The molecule has 0 amide bonds. The van der Waals surface area contributed by atoms with Crippen LogP contribution in [0.1, 0.15) is 18.9 Å². The summed E-state index contributed by atoms with van der Waals surface area (Å²) in [4.78, 5) is -0.0525. The number of nitrogens with one attached hydrogen (secondary N) is 1. The minimum Gasteiger partial charge on any atom is -0.399 e. The monoisotopic (exact) mass is 281 g/mol. The molecule has 0 bridgehead atoms. The Morgan fingerprint density at radius 3 is 2.84 bits per heavy atom. The molecule has 6 nitrogen and oxygen atoms in total. The van der Waals surface area contributed by atoms with Gasteiger partial charge in [0.1, 0.15) is 6.07 Å². The highest BCUT2D eigenvalue weighted by atomic mass is 32.2. The number of nitrogens with two attached hydrogens (primary N) is 1. The van der Waals surface area contributed by atoms with Crippen LogP contribution in [-0.2, 0) is 14.8 Å². The van der Waals surface area contributed by atoms with Gasteiger partial charge in [-0.2, -0.15) is 5.26 Å². The number of rotatable bonds is 3. The Kier molecular flexibility index (Phi) is 3.75. The maximum absolute atomic E-state index is 12.3. The highest BCUT2D eigenvalue weighted by molar-refractivity contribution is 7.89. The van der Waals surface area contributed by atoms with Crippen LogP contribution < -0.4 is 10.5 Å². The smallest absolute Gasteiger partial charge is 0.242 e. The average molecular weight is 281 g/mol. The number of nitriles is 1. The van der Waals surface area contributed by atoms with Gasteiger partial charge >= 0.3 is 0 Å². The van der Waals surface area contributed by atoms with E-state index in [2.05, 4.69) is 4.72 Å². The molecule has 1 saturated heterocycles. The average Bonchev–Trinajstić information content (AvgIpc) is 2.74. The van der Waals surface area contributed by atoms with Crippen LogP contribution in [0.15, 0.2) is 23.1 Å². The molecule has 0 aromatic heterocycles. The summed E-state index contributed by atoms with van der Waals surface area (Å²) in [7, 11) is -3.74. The Labute approximate surface area is 112 Å². The summed E-state index contributed by atoms with van der Waals surface area (Å²) in [5, 5.41) is 9.00. The van der Waals surface area contributed by atoms with Gasteiger partial charge in [0.25, 0.3) is 0 Å². The molecule has 2 rings (SSSR count). The largest absolute Gasteiger partial charge is 0.399 e. The second kappa shape index (κ2) is 5.17. The van der Waals surface area contributed by atoms with Crippen LogP contribution in [-0.4, -0.2) is 27.2 Å². The van der Waals surface area contributed by atoms with E-state index in [9.17, 15) is 8.42 Å². The van der Waals surface area contributed by atoms with Crippen LogP contribution in [0.5, 0.6) is 0 Å². The molecule has 0 saturated carbocycles. The molecule has 2 atom stereocenters. The molecule has 7 heteroatoms. The number of hydrogen-bond donors (Lipinski definition) is 2. The van der Waals surface area contributed by atoms with E-state index < -0.39 is 10.0 Å². The lowest BCUT2D eigenvalue weighted by atomic mass is 10.2. The van der Waals surface area contributed by atoms with Crippen LogP contribution in [0.4, 0.5) is 5.69 Å². The molecule has 1 aromatic rings. The maximum Gasteiger partial charge on any atom is 0.242 e. The molecule has 102 valence electrons. The van der Waals surface area contributed by atoms with Gasteiger partial charge in [0.2, 0.25) is 10.0 Å². The van der Waals surface area contributed by atoms with Crippen molar-refractivity contribution in [3.05, 3.63) is 23.8 Å². The lowest BCUT2D eigenvalue weighted by Gasteiger charge is -2.16. The standard InChI is InChI=1S/C12H15N3O3S/c1-8-11(4-5-18-8)15-19(16,17)12-3-2-10(14)6-9(12)7-13/h2-3,6,8,11,15H,4-5,14H2,1H3. The quantitative estimate of drug-likeness (QED) is 0.789. The fourth-order valence-electron chi connectivity index (χ4n) is 2.02. The van der Waals surface area contributed by atoms with E-state index in [0.717, 1.165) is 0 Å². The van der Waals surface area contributed by atoms with E-state index in [0.29, 0.717) is 18.7 Å². The van der Waals surface area contributed by atoms with Crippen molar-refractivity contribution in [2.45, 2.75) is 30.4 Å². The Bertz CT molecular complexity index is 622. The predicted octanol–water partition coefficient (Wildman–Crippen LogP) is 0.596. The Balaban J connectivity index is 2.32. The first kappa shape index (κ1) is 13.8. The number of hydrogen-bond acceptors (Lipinski definition) is 5. The van der Waals surface area contributed by atoms with Crippen LogP contribution in [0.25, 0.3) is 0 Å². The molecule has 1 heterocycles. The molecular weight excluding hydrogens is 266 g/mol. The first-order valence-electron chi connectivity index (χ1n) is 5.87. The molecule has 0 aliphatic carbocycles. The van der Waals surface area contributed by atoms with Gasteiger partial charge in [0.15, 0.2) is 0 Å². The molecule has 1 aliphatic rings. The van der Waals surface area contributed by atoms with Gasteiger partial charge in [-0.05, 0) is 31.5 Å². The lowest BCUT2D eigenvalue weighted by Crippen LogP contribution is -2.39. The van der Waals surface area contributed by atoms with Crippen LogP contribution in [0.2, 0.25) is 0 Å². The molecule has 0 radical (unpaired) electrons. The third-order valence-corrected chi connectivity index (χ3v) is 4.64. The highest BCUT2D eigenvalue weighted by Gasteiger charge is 2.30. The van der Waals surface area contributed by atoms with Gasteiger partial charge in [0.05, 0.1) is 22.6 Å². The van der Waals surface area contributed by atoms with Crippen molar-refractivity contribution in [3.63, 3.8) is 0 Å². The zero-order valence-electron chi connectivity index (χ0n) is 10.5. The van der Waals surface area contributed by atoms with Gasteiger partial charge in [-0.1, -0.05) is 0 Å². The Morgan fingerprint density at radius 2 is 2.26 bits per heavy atom. The minimum atomic E-state index is -3.74. The summed E-state index contributed by atoms with van der Waals surface area (Å²) >= 11 is 0. The van der Waals surface area contributed by atoms with E-state index in [1.165, 1.54) is 18.2 Å². The van der Waals surface area contributed by atoms with E-state index in [1.807, 2.05) is 13.0 Å². The zero-order valence-corrected chi connectivity index (χ0v) is 11.3. The highest BCUT2D eigenvalue weighted by Crippen LogP contribution is 2.21. The van der Waals surface area contributed by atoms with Crippen LogP contribution in [0.3, 0.4) is 0 Å². The molecule has 0 spiro atoms. The van der Waals surface area contributed by atoms with E-state index in [1.54, 1.807) is 0 Å². The van der Waals surface area contributed by atoms with E-state index in [4.69, 9.17) is 15.7 Å². The van der Waals surface area contributed by atoms with Crippen molar-refractivity contribution in [3.8, 4) is 6.07 Å². The van der Waals surface area contributed by atoms with Gasteiger partial charge in [-0.3, -0.25) is 0 Å². The van der Waals surface area contributed by atoms with E-state index >= 15 is 0 Å². The molecule has 1 aromatic carbocycles. The summed E-state index contributed by atoms with van der Waals surface area (Å²) in [6.07, 6.45) is 0.450. The predicted molar refractivity (Wildman–Crippen MR) is 69.7 cm³/mol. The number of nitrogens with zero attached hydrogens (tertiary/aromatic N) is 1. The SMILES string of the molecule is CC1OCCC1NS(=O)(=O)c1ccc(N)cc1C#N. The van der Waals surface area contributed by atoms with Crippen molar-refractivity contribution in [1.29, 1.82) is 5.26 Å². The van der Waals surface area contributed by atoms with Crippen LogP contribution >= 0.6 is 0 Å². The first-order valence-corrected chi connectivity index (χ1v) is 7.36. The normalized spacial score (nSPS) is 23.2. The molecule has 1 fully saturated rings. The summed E-state index contributed by atoms with van der Waals surface area (Å²) in [6.45, 7) is 2.34. The summed E-state index contributed by atoms with van der Waals surface area (Å²) in [5.74, 6) is 0. The third kappa shape index (κ3) is 2.87. The Morgan fingerprint density at radius 1 is 1.53 bits per heavy atom. The van der Waals surface area contributed by atoms with Crippen LogP contribution in [0, 0.1) is 11.3 Å². The number of ether oxygens (including phenoxy) is 1. The van der Waals surface area contributed by atoms with Gasteiger partial charge in [0, 0.05) is 12.3 Å². The van der Waals surface area contributed by atoms with Crippen molar-refractivity contribution < 1.29 is 13.2 Å². The lowest BCUT2D eigenvalue weighted by molar-refractivity contribution is 0.117. The molecule has 3 N–H and O–H groups in total. The fraction of sp³-hybridized carbons (Fsp3) is 0.417. The summed E-state index contributed by atoms with van der Waals surface area (Å²) in [6, 6.07) is 5.74. The Hall–Kier alpha value is -1.62. The molecule has 2 unspecified atom stereocenters. The maximum atomic E-state index is 12.3. The van der Waals surface area contributed by atoms with Crippen molar-refractivity contribution in [1.82, 2.24) is 4.72 Å². The second-order valence-corrected chi connectivity index (χ2v) is 6.14. The fourth-order valence-corrected chi connectivity index (χ4v) is 3.49. The number of sulfonamides is 1. The van der Waals surface area contributed by atoms with Crippen molar-refractivity contribution >= 4 is 15.7 Å². The summed E-state index contributed by atoms with van der Waals surface area (Å²) in [5.41, 5.74) is 5.94. The third-order valence-electron chi connectivity index (χ3n) is 3.10. The number of nitrogen functional groups attached to an aromatic ring is 1. The summed E-state index contributed by atoms with van der Waals surface area (Å²) < 4.78 is 32.4. The van der Waals surface area contributed by atoms with Gasteiger partial charge in [-0.25, -0.2) is 13.1 Å². The number of benzene rings is 1.